The molecule has 1 heterocycles. The maximum Gasteiger partial charge on any atom is 0.460 e. The van der Waals surface area contributed by atoms with Crippen LogP contribution in [0.2, 0.25) is 0 Å². The van der Waals surface area contributed by atoms with Gasteiger partial charge in [-0.05, 0) is 38.0 Å². The van der Waals surface area contributed by atoms with E-state index >= 15 is 0 Å². The van der Waals surface area contributed by atoms with E-state index in [1.54, 1.807) is 0 Å². The first-order valence-electron chi connectivity index (χ1n) is 10.2. The van der Waals surface area contributed by atoms with E-state index in [2.05, 4.69) is 10.4 Å². The lowest BCUT2D eigenvalue weighted by molar-refractivity contribution is -0.344. The topological polar surface area (TPSA) is 83.7 Å². The highest BCUT2D eigenvalue weighted by molar-refractivity contribution is 6.09. The summed E-state index contributed by atoms with van der Waals surface area (Å²) in [5, 5.41) is 5.47. The molecule has 2 aromatic rings. The fourth-order valence-corrected chi connectivity index (χ4v) is 3.47. The fourth-order valence-electron chi connectivity index (χ4n) is 3.47. The minimum Gasteiger partial charge on any atom is -0.455 e. The summed E-state index contributed by atoms with van der Waals surface area (Å²) in [5.74, 6) is -17.2. The molecule has 0 fully saturated rings. The van der Waals surface area contributed by atoms with Gasteiger partial charge in [0.15, 0.2) is 5.76 Å². The Morgan fingerprint density at radius 3 is 2.22 bits per heavy atom. The van der Waals surface area contributed by atoms with E-state index in [4.69, 9.17) is 4.42 Å². The van der Waals surface area contributed by atoms with E-state index in [9.17, 15) is 53.5 Å². The van der Waals surface area contributed by atoms with Gasteiger partial charge in [0.1, 0.15) is 5.76 Å². The molecule has 0 saturated carbocycles. The maximum absolute atomic E-state index is 13.5. The third kappa shape index (κ3) is 5.27. The number of halogens is 10. The van der Waals surface area contributed by atoms with E-state index in [1.165, 1.54) is 13.0 Å². The Balaban J connectivity index is 1.86. The molecule has 0 spiro atoms. The minimum absolute atomic E-state index is 0.00615. The molecule has 16 heteroatoms. The lowest BCUT2D eigenvalue weighted by Crippen LogP contribution is -2.58. The number of anilines is 1. The molecule has 0 atom stereocenters. The van der Waals surface area contributed by atoms with Crippen LogP contribution in [0.15, 0.2) is 33.8 Å². The molecule has 0 aliphatic heterocycles. The number of aryl methyl sites for hydroxylation is 1. The van der Waals surface area contributed by atoms with Gasteiger partial charge in [0.2, 0.25) is 0 Å². The van der Waals surface area contributed by atoms with Crippen LogP contribution in [-0.4, -0.2) is 35.5 Å². The Hall–Kier alpha value is -3.59. The summed E-state index contributed by atoms with van der Waals surface area (Å²) in [4.78, 5) is 24.1. The number of fused-ring (bicyclic) bond motifs is 1. The molecule has 2 N–H and O–H groups in total. The Bertz CT molecular complexity index is 1250. The summed E-state index contributed by atoms with van der Waals surface area (Å²) in [6.45, 7) is 1.29. The van der Waals surface area contributed by atoms with Crippen LogP contribution in [0.1, 0.15) is 45.8 Å². The van der Waals surface area contributed by atoms with Gasteiger partial charge in [0.05, 0.1) is 11.3 Å². The molecule has 0 bridgehead atoms. The Kier molecular flexibility index (Phi) is 7.09. The maximum atomic E-state index is 13.5. The van der Waals surface area contributed by atoms with Crippen molar-refractivity contribution in [2.45, 2.75) is 50.4 Å². The van der Waals surface area contributed by atoms with Gasteiger partial charge < -0.3 is 9.73 Å². The van der Waals surface area contributed by atoms with Crippen LogP contribution in [0.3, 0.4) is 0 Å². The quantitative estimate of drug-likeness (QED) is 0.364. The first-order valence-corrected chi connectivity index (χ1v) is 10.2. The van der Waals surface area contributed by atoms with Crippen LogP contribution in [0, 0.1) is 6.92 Å². The fraction of sp³-hybridized carbons (Fsp3) is 0.381. The van der Waals surface area contributed by atoms with Crippen molar-refractivity contribution in [2.75, 3.05) is 5.32 Å². The van der Waals surface area contributed by atoms with Crippen molar-refractivity contribution in [1.82, 2.24) is 5.43 Å². The van der Waals surface area contributed by atoms with Gasteiger partial charge in [-0.25, -0.2) is 5.43 Å². The number of alkyl halides is 10. The average molecular weight is 547 g/mol. The summed E-state index contributed by atoms with van der Waals surface area (Å²) >= 11 is 0. The number of nitrogens with zero attached hydrogens (tertiary/aromatic N) is 1. The zero-order valence-corrected chi connectivity index (χ0v) is 18.4. The second kappa shape index (κ2) is 9.37. The largest absolute Gasteiger partial charge is 0.460 e. The lowest BCUT2D eigenvalue weighted by Gasteiger charge is -2.26. The molecule has 37 heavy (non-hydrogen) atoms. The third-order valence-corrected chi connectivity index (χ3v) is 5.31. The molecule has 6 nitrogen and oxygen atoms in total. The van der Waals surface area contributed by atoms with Crippen LogP contribution in [0.4, 0.5) is 49.6 Å². The van der Waals surface area contributed by atoms with Crippen molar-refractivity contribution < 1.29 is 57.9 Å². The van der Waals surface area contributed by atoms with Crippen LogP contribution in [0.5, 0.6) is 0 Å². The highest BCUT2D eigenvalue weighted by atomic mass is 19.4. The molecule has 202 valence electrons. The van der Waals surface area contributed by atoms with Crippen LogP contribution >= 0.6 is 0 Å². The first kappa shape index (κ1) is 28.0. The third-order valence-electron chi connectivity index (χ3n) is 5.31. The lowest BCUT2D eigenvalue weighted by atomic mass is 9.93. The Morgan fingerprint density at radius 1 is 0.973 bits per heavy atom. The van der Waals surface area contributed by atoms with E-state index in [0.717, 1.165) is 17.6 Å². The highest BCUT2D eigenvalue weighted by Gasteiger charge is 2.76. The second-order valence-corrected chi connectivity index (χ2v) is 7.89. The van der Waals surface area contributed by atoms with Gasteiger partial charge in [0, 0.05) is 23.2 Å². The molecule has 1 aliphatic rings. The van der Waals surface area contributed by atoms with Gasteiger partial charge in [-0.15, -0.1) is 0 Å². The number of hydrogen-bond acceptors (Lipinski definition) is 4. The molecule has 1 aromatic heterocycles. The van der Waals surface area contributed by atoms with E-state index < -0.39 is 47.3 Å². The summed E-state index contributed by atoms with van der Waals surface area (Å²) in [5.41, 5.74) is -0.499. The first-order chi connectivity index (χ1) is 16.9. The number of hydrazone groups is 1. The molecule has 1 aromatic carbocycles. The normalized spacial score (nSPS) is 15.9. The van der Waals surface area contributed by atoms with Gasteiger partial charge in [-0.1, -0.05) is 6.07 Å². The molecule has 0 saturated heterocycles. The number of carbonyl (C=O) groups is 2. The SMILES string of the molecule is Cc1c(C(=O)Nc2cccc(C(F)(F)F)c2)oc2c1/C(=N/NC(=O)C(F)(F)C(F)(F)C(F)(F)F)CCC2. The zero-order chi connectivity index (χ0) is 28.0. The van der Waals surface area contributed by atoms with Crippen LogP contribution in [0.25, 0.3) is 0 Å². The monoisotopic (exact) mass is 547 g/mol. The molecule has 1 aliphatic carbocycles. The van der Waals surface area contributed by atoms with Crippen molar-refractivity contribution in [3.63, 3.8) is 0 Å². The van der Waals surface area contributed by atoms with Crippen molar-refractivity contribution in [1.29, 1.82) is 0 Å². The van der Waals surface area contributed by atoms with E-state index in [-0.39, 0.29) is 47.5 Å². The Labute approximate surface area is 200 Å². The molecule has 3 rings (SSSR count). The molecule has 2 amide bonds. The molecular formula is C21H15F10N3O3. The summed E-state index contributed by atoms with van der Waals surface area (Å²) in [6, 6.07) is 3.65. The smallest absolute Gasteiger partial charge is 0.455 e. The van der Waals surface area contributed by atoms with Gasteiger partial charge in [-0.3, -0.25) is 9.59 Å². The predicted octanol–water partition coefficient (Wildman–Crippen LogP) is 5.85. The van der Waals surface area contributed by atoms with Crippen molar-refractivity contribution in [2.24, 2.45) is 5.10 Å². The predicted molar refractivity (Wildman–Crippen MR) is 106 cm³/mol. The number of furan rings is 1. The van der Waals surface area contributed by atoms with Crippen molar-refractivity contribution >= 4 is 23.2 Å². The van der Waals surface area contributed by atoms with Crippen molar-refractivity contribution in [3.05, 3.63) is 52.5 Å². The minimum atomic E-state index is -6.72. The van der Waals surface area contributed by atoms with E-state index in [1.807, 2.05) is 0 Å². The number of hydrogen-bond donors (Lipinski definition) is 2. The number of benzene rings is 1. The van der Waals surface area contributed by atoms with Crippen molar-refractivity contribution in [3.8, 4) is 0 Å². The number of rotatable bonds is 5. The molecular weight excluding hydrogens is 532 g/mol. The number of amides is 2. The van der Waals surface area contributed by atoms with Crippen LogP contribution in [-0.2, 0) is 17.4 Å². The zero-order valence-electron chi connectivity index (χ0n) is 18.4. The standard InChI is InChI=1S/C21H15F10N3O3/c1-9-14-12(33-34-17(36)18(22,23)20(27,28)21(29,30)31)6-3-7-13(14)37-15(9)16(35)32-11-5-2-4-10(8-11)19(24,25)26/h2,4-5,8H,3,6-7H2,1H3,(H,32,35)(H,34,36)/b33-12+. The van der Waals surface area contributed by atoms with Gasteiger partial charge in [-0.2, -0.15) is 49.0 Å². The summed E-state index contributed by atoms with van der Waals surface area (Å²) < 4.78 is 134. The van der Waals surface area contributed by atoms with Crippen LogP contribution < -0.4 is 10.7 Å². The second-order valence-electron chi connectivity index (χ2n) is 7.89. The highest BCUT2D eigenvalue weighted by Crippen LogP contribution is 2.46. The number of nitrogens with one attached hydrogen (secondary N) is 2. The number of carbonyl (C=O) groups excluding carboxylic acids is 2. The average Bonchev–Trinajstić information content (AvgIpc) is 3.13. The Morgan fingerprint density at radius 2 is 1.62 bits per heavy atom. The summed E-state index contributed by atoms with van der Waals surface area (Å²) in [7, 11) is 0. The van der Waals surface area contributed by atoms with E-state index in [0.29, 0.717) is 6.07 Å². The van der Waals surface area contributed by atoms with Gasteiger partial charge >= 0.3 is 30.1 Å². The summed E-state index contributed by atoms with van der Waals surface area (Å²) in [6.07, 6.45) is -11.1. The molecule has 0 unspecified atom stereocenters. The molecule has 0 radical (unpaired) electrons. The van der Waals surface area contributed by atoms with Gasteiger partial charge in [0.25, 0.3) is 5.91 Å².